The molecule has 0 bridgehead atoms. The Bertz CT molecular complexity index is 1420. The highest BCUT2D eigenvalue weighted by atomic mass is 19.4. The average Bonchev–Trinajstić information content (AvgIpc) is 3.14. The van der Waals surface area contributed by atoms with Gasteiger partial charge in [0.2, 0.25) is 0 Å². The second-order valence-electron chi connectivity index (χ2n) is 9.60. The monoisotopic (exact) mass is 542 g/mol. The van der Waals surface area contributed by atoms with E-state index in [0.717, 1.165) is 51.4 Å². The zero-order valence-electron chi connectivity index (χ0n) is 21.1. The van der Waals surface area contributed by atoms with Gasteiger partial charge in [-0.25, -0.2) is 4.79 Å². The molecule has 2 aliphatic rings. The van der Waals surface area contributed by atoms with E-state index >= 15 is 0 Å². The van der Waals surface area contributed by atoms with Crippen molar-refractivity contribution in [2.24, 2.45) is 16.5 Å². The number of likely N-dealkylation sites (tertiary alicyclic amines) is 1. The quantitative estimate of drug-likeness (QED) is 0.190. The summed E-state index contributed by atoms with van der Waals surface area (Å²) in [6, 6.07) is 7.49. The molecule has 10 nitrogen and oxygen atoms in total. The van der Waals surface area contributed by atoms with Crippen molar-refractivity contribution in [1.29, 1.82) is 0 Å². The van der Waals surface area contributed by atoms with Crippen molar-refractivity contribution >= 4 is 17.5 Å². The molecule has 39 heavy (non-hydrogen) atoms. The molecule has 13 heteroatoms. The number of fused-ring (bicyclic) bond motifs is 2. The molecule has 4 heterocycles. The number of benzene rings is 1. The van der Waals surface area contributed by atoms with Gasteiger partial charge in [0.1, 0.15) is 5.69 Å². The summed E-state index contributed by atoms with van der Waals surface area (Å²) in [7, 11) is 0. The van der Waals surface area contributed by atoms with Crippen molar-refractivity contribution in [2.75, 3.05) is 31.5 Å². The topological polar surface area (TPSA) is 137 Å². The highest BCUT2D eigenvalue weighted by molar-refractivity contribution is 5.78. The Morgan fingerprint density at radius 1 is 1.13 bits per heavy atom. The van der Waals surface area contributed by atoms with Gasteiger partial charge in [-0.05, 0) is 62.5 Å². The molecular formula is C26H29F3N8O2. The summed E-state index contributed by atoms with van der Waals surface area (Å²) in [6.07, 6.45) is 1.83. The third-order valence-electron chi connectivity index (χ3n) is 6.87. The Morgan fingerprint density at radius 3 is 2.69 bits per heavy atom. The van der Waals surface area contributed by atoms with Crippen molar-refractivity contribution in [3.63, 3.8) is 0 Å². The molecule has 2 aliphatic heterocycles. The van der Waals surface area contributed by atoms with E-state index in [-0.39, 0.29) is 17.7 Å². The number of nitrogens with one attached hydrogen (secondary N) is 1. The zero-order valence-corrected chi connectivity index (χ0v) is 21.1. The smallest absolute Gasteiger partial charge is 0.433 e. The third kappa shape index (κ3) is 6.14. The largest absolute Gasteiger partial charge is 0.450 e. The third-order valence-corrected chi connectivity index (χ3v) is 6.87. The molecule has 1 aromatic carbocycles. The zero-order chi connectivity index (χ0) is 27.6. The minimum absolute atomic E-state index is 0.00227. The number of alkyl halides is 3. The van der Waals surface area contributed by atoms with Gasteiger partial charge in [0.05, 0.1) is 11.9 Å². The van der Waals surface area contributed by atoms with Crippen LogP contribution in [0.25, 0.3) is 11.1 Å². The minimum atomic E-state index is -4.50. The van der Waals surface area contributed by atoms with Gasteiger partial charge < -0.3 is 26.4 Å². The molecule has 0 amide bonds. The maximum absolute atomic E-state index is 13.0. The summed E-state index contributed by atoms with van der Waals surface area (Å²) >= 11 is 0. The van der Waals surface area contributed by atoms with E-state index in [0.29, 0.717) is 40.7 Å². The van der Waals surface area contributed by atoms with Crippen LogP contribution >= 0.6 is 0 Å². The summed E-state index contributed by atoms with van der Waals surface area (Å²) in [5, 5.41) is 3.13. The lowest BCUT2D eigenvalue weighted by molar-refractivity contribution is -0.141. The normalized spacial score (nSPS) is 17.3. The molecule has 1 atom stereocenters. The first kappa shape index (κ1) is 26.5. The molecule has 0 spiro atoms. The molecular weight excluding hydrogens is 513 g/mol. The molecule has 1 saturated heterocycles. The molecule has 2 aromatic heterocycles. The first-order valence-electron chi connectivity index (χ1n) is 12.7. The van der Waals surface area contributed by atoms with Crippen LogP contribution in [0.1, 0.15) is 37.4 Å². The first-order valence-corrected chi connectivity index (χ1v) is 12.7. The lowest BCUT2D eigenvalue weighted by atomic mass is 10.1. The maximum atomic E-state index is 13.0. The summed E-state index contributed by atoms with van der Waals surface area (Å²) < 4.78 is 46.3. The Labute approximate surface area is 222 Å². The summed E-state index contributed by atoms with van der Waals surface area (Å²) in [4.78, 5) is 27.1. The number of hydrogen-bond acceptors (Lipinski definition) is 7. The second kappa shape index (κ2) is 10.9. The van der Waals surface area contributed by atoms with Crippen LogP contribution in [0.2, 0.25) is 0 Å². The van der Waals surface area contributed by atoms with Gasteiger partial charge in [-0.3, -0.25) is 14.5 Å². The lowest BCUT2D eigenvalue weighted by Gasteiger charge is -2.24. The van der Waals surface area contributed by atoms with Crippen molar-refractivity contribution < 1.29 is 17.9 Å². The van der Waals surface area contributed by atoms with Crippen LogP contribution < -0.4 is 27.2 Å². The van der Waals surface area contributed by atoms with Gasteiger partial charge in [0.25, 0.3) is 0 Å². The summed E-state index contributed by atoms with van der Waals surface area (Å²) in [5.74, 6) is 1.35. The second-order valence-corrected chi connectivity index (χ2v) is 9.60. The van der Waals surface area contributed by atoms with Crippen LogP contribution in [0.4, 0.5) is 24.7 Å². The highest BCUT2D eigenvalue weighted by Crippen LogP contribution is 2.42. The van der Waals surface area contributed by atoms with Crippen molar-refractivity contribution in [1.82, 2.24) is 19.4 Å². The number of ether oxygens (including phenoxy) is 1. The number of anilines is 2. The Balaban J connectivity index is 1.28. The number of hydrogen-bond donors (Lipinski definition) is 3. The van der Waals surface area contributed by atoms with Gasteiger partial charge >= 0.3 is 11.9 Å². The van der Waals surface area contributed by atoms with E-state index in [1.54, 1.807) is 29.0 Å². The average molecular weight is 543 g/mol. The number of rotatable bonds is 6. The van der Waals surface area contributed by atoms with Gasteiger partial charge in [-0.15, -0.1) is 0 Å². The fourth-order valence-corrected chi connectivity index (χ4v) is 4.89. The maximum Gasteiger partial charge on any atom is 0.433 e. The Morgan fingerprint density at radius 2 is 1.95 bits per heavy atom. The highest BCUT2D eigenvalue weighted by Gasteiger charge is 2.32. The fourth-order valence-electron chi connectivity index (χ4n) is 4.89. The molecule has 1 unspecified atom stereocenters. The first-order chi connectivity index (χ1) is 18.7. The molecule has 0 saturated carbocycles. The van der Waals surface area contributed by atoms with E-state index in [1.807, 2.05) is 0 Å². The molecule has 5 N–H and O–H groups in total. The van der Waals surface area contributed by atoms with Crippen LogP contribution in [-0.4, -0.2) is 51.6 Å². The van der Waals surface area contributed by atoms with Crippen LogP contribution in [0, 0.1) is 0 Å². The number of pyridine rings is 1. The van der Waals surface area contributed by atoms with E-state index in [1.165, 1.54) is 12.3 Å². The molecule has 5 rings (SSSR count). The van der Waals surface area contributed by atoms with Crippen molar-refractivity contribution in [3.05, 3.63) is 58.9 Å². The Hall–Kier alpha value is -4.13. The lowest BCUT2D eigenvalue weighted by Crippen LogP contribution is -2.30. The number of aromatic nitrogens is 3. The van der Waals surface area contributed by atoms with Gasteiger partial charge in [-0.2, -0.15) is 18.2 Å². The molecule has 0 aliphatic carbocycles. The predicted octanol–water partition coefficient (Wildman–Crippen LogP) is 3.86. The van der Waals surface area contributed by atoms with E-state index < -0.39 is 11.9 Å². The van der Waals surface area contributed by atoms with Crippen LogP contribution in [0.3, 0.4) is 0 Å². The van der Waals surface area contributed by atoms with Crippen molar-refractivity contribution in [2.45, 2.75) is 37.9 Å². The number of halogens is 3. The summed E-state index contributed by atoms with van der Waals surface area (Å²) in [5.41, 5.74) is 11.1. The molecule has 3 aromatic rings. The molecule has 0 radical (unpaired) electrons. The van der Waals surface area contributed by atoms with Crippen LogP contribution in [-0.2, 0) is 6.18 Å². The predicted molar refractivity (Wildman–Crippen MR) is 141 cm³/mol. The van der Waals surface area contributed by atoms with Crippen LogP contribution in [0.15, 0.2) is 52.5 Å². The minimum Gasteiger partial charge on any atom is -0.450 e. The number of nitrogens with zero attached hydrogens (tertiary/aromatic N) is 5. The van der Waals surface area contributed by atoms with Gasteiger partial charge in [0, 0.05) is 30.9 Å². The van der Waals surface area contributed by atoms with E-state index in [9.17, 15) is 18.0 Å². The molecule has 206 valence electrons. The van der Waals surface area contributed by atoms with E-state index in [4.69, 9.17) is 16.2 Å². The van der Waals surface area contributed by atoms with Crippen molar-refractivity contribution in [3.8, 4) is 22.6 Å². The standard InChI is InChI=1S/C26H29F3N8O2/c27-26(28,29)22-7-5-17(14-33-22)16-4-6-20-19(13-16)34-23-21(39-20)15-37(25(38)35-23)18-3-1-10-36(12-8-18)11-2-9-32-24(30)31/h4-7,13-15,18H,1-3,8-12H2,(H4,30,31,32)(H,34,35,38). The van der Waals surface area contributed by atoms with Crippen LogP contribution in [0.5, 0.6) is 11.5 Å². The number of aliphatic imine (C=N–C) groups is 1. The van der Waals surface area contributed by atoms with Gasteiger partial charge in [0.15, 0.2) is 23.3 Å². The SMILES string of the molecule is NC(N)=NCCCN1CCCC(n2cc3c(nc2=O)Nc2cc(-c4ccc(C(F)(F)F)nc4)ccc2O3)CC1. The molecule has 1 fully saturated rings. The Kier molecular flexibility index (Phi) is 7.42. The van der Waals surface area contributed by atoms with E-state index in [2.05, 4.69) is 25.2 Å². The van der Waals surface area contributed by atoms with Gasteiger partial charge in [-0.1, -0.05) is 12.1 Å². The number of guanidine groups is 1. The number of nitrogens with two attached hydrogens (primary N) is 2. The summed E-state index contributed by atoms with van der Waals surface area (Å²) in [6.45, 7) is 3.26. The fraction of sp³-hybridized carbons (Fsp3) is 0.385.